The fourth-order valence-electron chi connectivity index (χ4n) is 5.86. The van der Waals surface area contributed by atoms with E-state index in [1.807, 2.05) is 6.08 Å². The Morgan fingerprint density at radius 1 is 0.543 bits per heavy atom. The topological polar surface area (TPSA) is 89.8 Å². The number of amides is 1. The Balaban J connectivity index is 3.76. The van der Waals surface area contributed by atoms with Gasteiger partial charge in [-0.05, 0) is 57.8 Å². The van der Waals surface area contributed by atoms with Crippen LogP contribution in [0.25, 0.3) is 0 Å². The summed E-state index contributed by atoms with van der Waals surface area (Å²) >= 11 is 0. The van der Waals surface area contributed by atoms with Gasteiger partial charge in [0, 0.05) is 6.42 Å². The predicted molar refractivity (Wildman–Crippen MR) is 199 cm³/mol. The molecule has 0 heterocycles. The molecule has 0 spiro atoms. The number of unbranched alkanes of at least 4 members (excludes halogenated alkanes) is 21. The third-order valence-electron chi connectivity index (χ3n) is 8.98. The average molecular weight is 648 g/mol. The maximum Gasteiger partial charge on any atom is 0.220 e. The van der Waals surface area contributed by atoms with Crippen molar-refractivity contribution in [1.29, 1.82) is 0 Å². The lowest BCUT2D eigenvalue weighted by Gasteiger charge is -2.26. The van der Waals surface area contributed by atoms with Gasteiger partial charge in [-0.15, -0.1) is 0 Å². The van der Waals surface area contributed by atoms with Crippen LogP contribution < -0.4 is 5.32 Å². The van der Waals surface area contributed by atoms with Gasteiger partial charge in [-0.2, -0.15) is 0 Å². The molecule has 46 heavy (non-hydrogen) atoms. The lowest BCUT2D eigenvalue weighted by molar-refractivity contribution is -0.124. The quantitative estimate of drug-likeness (QED) is 0.0407. The Hall–Kier alpha value is -1.43. The highest BCUT2D eigenvalue weighted by atomic mass is 16.3. The summed E-state index contributed by atoms with van der Waals surface area (Å²) in [6, 6.07) is -0.854. The smallest absolute Gasteiger partial charge is 0.220 e. The largest absolute Gasteiger partial charge is 0.394 e. The summed E-state index contributed by atoms with van der Waals surface area (Å²) in [7, 11) is 0. The third kappa shape index (κ3) is 31.2. The lowest BCUT2D eigenvalue weighted by Crippen LogP contribution is -2.50. The van der Waals surface area contributed by atoms with Crippen LogP contribution in [-0.2, 0) is 4.79 Å². The fourth-order valence-corrected chi connectivity index (χ4v) is 5.86. The van der Waals surface area contributed by atoms with Crippen LogP contribution in [0.4, 0.5) is 0 Å². The second-order valence-electron chi connectivity index (χ2n) is 13.5. The van der Waals surface area contributed by atoms with Crippen LogP contribution in [0.2, 0.25) is 0 Å². The molecular weight excluding hydrogens is 570 g/mol. The molecule has 3 unspecified atom stereocenters. The molecule has 0 radical (unpaired) electrons. The maximum atomic E-state index is 12.3. The van der Waals surface area contributed by atoms with Crippen LogP contribution in [0.5, 0.6) is 0 Å². The van der Waals surface area contributed by atoms with E-state index in [-0.39, 0.29) is 5.91 Å². The minimum atomic E-state index is -1.18. The van der Waals surface area contributed by atoms with Crippen LogP contribution in [0.3, 0.4) is 0 Å². The van der Waals surface area contributed by atoms with E-state index in [2.05, 4.69) is 49.5 Å². The van der Waals surface area contributed by atoms with E-state index in [0.717, 1.165) is 32.1 Å². The molecule has 270 valence electrons. The number of carbonyl (C=O) groups is 1. The van der Waals surface area contributed by atoms with Crippen LogP contribution in [-0.4, -0.2) is 46.1 Å². The van der Waals surface area contributed by atoms with Gasteiger partial charge in [0.05, 0.1) is 18.8 Å². The van der Waals surface area contributed by atoms with E-state index in [1.54, 1.807) is 0 Å². The summed E-state index contributed by atoms with van der Waals surface area (Å²) in [4.78, 5) is 12.3. The van der Waals surface area contributed by atoms with Crippen molar-refractivity contribution in [3.05, 3.63) is 36.5 Å². The van der Waals surface area contributed by atoms with E-state index in [9.17, 15) is 20.1 Å². The van der Waals surface area contributed by atoms with Crippen molar-refractivity contribution in [1.82, 2.24) is 5.32 Å². The Morgan fingerprint density at radius 2 is 0.935 bits per heavy atom. The van der Waals surface area contributed by atoms with Gasteiger partial charge in [0.2, 0.25) is 5.91 Å². The van der Waals surface area contributed by atoms with Gasteiger partial charge in [-0.1, -0.05) is 166 Å². The molecule has 0 saturated carbocycles. The number of carbonyl (C=O) groups excluding carboxylic acids is 1. The zero-order chi connectivity index (χ0) is 33.8. The summed E-state index contributed by atoms with van der Waals surface area (Å²) in [6.45, 7) is 4.12. The molecule has 4 N–H and O–H groups in total. The normalized spacial score (nSPS) is 14.1. The summed E-state index contributed by atoms with van der Waals surface area (Å²) in [5, 5.41) is 33.3. The van der Waals surface area contributed by atoms with Crippen molar-refractivity contribution in [2.24, 2.45) is 0 Å². The van der Waals surface area contributed by atoms with Crippen molar-refractivity contribution in [3.63, 3.8) is 0 Å². The number of aliphatic hydroxyl groups excluding tert-OH is 3. The van der Waals surface area contributed by atoms with Gasteiger partial charge in [0.15, 0.2) is 0 Å². The van der Waals surface area contributed by atoms with Crippen molar-refractivity contribution in [2.45, 2.75) is 212 Å². The summed E-state index contributed by atoms with van der Waals surface area (Å²) < 4.78 is 0. The summed E-state index contributed by atoms with van der Waals surface area (Å²) in [5.74, 6) is -0.222. The molecule has 0 rings (SSSR count). The van der Waals surface area contributed by atoms with Crippen molar-refractivity contribution in [3.8, 4) is 0 Å². The molecule has 0 aromatic rings. The van der Waals surface area contributed by atoms with Crippen LogP contribution in [0, 0.1) is 0 Å². The minimum Gasteiger partial charge on any atom is -0.394 e. The van der Waals surface area contributed by atoms with Gasteiger partial charge in [-0.3, -0.25) is 4.79 Å². The standard InChI is InChI=1S/C41H77NO4/c1-3-5-7-9-11-13-15-17-18-19-20-21-22-24-25-27-29-31-33-35-39(44)41(46)38(37-43)42-40(45)36-34-32-30-28-26-23-16-14-12-10-8-6-4-2/h23,26-27,29-30,32,38-39,41,43-44,46H,3-22,24-25,28,31,33-37H2,1-2H3,(H,42,45)/b26-23-,29-27+,32-30-. The van der Waals surface area contributed by atoms with E-state index >= 15 is 0 Å². The van der Waals surface area contributed by atoms with Gasteiger partial charge in [0.25, 0.3) is 0 Å². The van der Waals surface area contributed by atoms with Crippen molar-refractivity contribution < 1.29 is 20.1 Å². The first-order chi connectivity index (χ1) is 22.6. The molecule has 0 aliphatic carbocycles. The van der Waals surface area contributed by atoms with E-state index in [0.29, 0.717) is 19.3 Å². The predicted octanol–water partition coefficient (Wildman–Crippen LogP) is 10.8. The molecule has 5 nitrogen and oxygen atoms in total. The Labute approximate surface area is 285 Å². The molecule has 3 atom stereocenters. The minimum absolute atomic E-state index is 0.222. The number of allylic oxidation sites excluding steroid dienone is 6. The molecule has 5 heteroatoms. The third-order valence-corrected chi connectivity index (χ3v) is 8.98. The van der Waals surface area contributed by atoms with Crippen LogP contribution >= 0.6 is 0 Å². The number of hydrogen-bond donors (Lipinski definition) is 4. The molecule has 0 aromatic heterocycles. The first-order valence-electron chi connectivity index (χ1n) is 19.8. The number of aliphatic hydroxyl groups is 3. The van der Waals surface area contributed by atoms with E-state index in [1.165, 1.54) is 128 Å². The average Bonchev–Trinajstić information content (AvgIpc) is 3.06. The SMILES string of the molecule is CCCCCCCC/C=C\C/C=C\CCC(=O)NC(CO)C(O)C(O)CCC/C=C/CCCCCCCCCCCCCCCC. The Bertz CT molecular complexity index is 719. The molecular formula is C41H77NO4. The molecule has 0 fully saturated rings. The second-order valence-corrected chi connectivity index (χ2v) is 13.5. The Kier molecular flexibility index (Phi) is 35.3. The van der Waals surface area contributed by atoms with Crippen LogP contribution in [0.1, 0.15) is 194 Å². The molecule has 1 amide bonds. The van der Waals surface area contributed by atoms with Gasteiger partial charge in [0.1, 0.15) is 6.10 Å². The number of nitrogens with one attached hydrogen (secondary N) is 1. The van der Waals surface area contributed by atoms with Crippen molar-refractivity contribution in [2.75, 3.05) is 6.61 Å². The summed E-state index contributed by atoms with van der Waals surface area (Å²) in [5.41, 5.74) is 0. The fraction of sp³-hybridized carbons (Fsp3) is 0.829. The highest BCUT2D eigenvalue weighted by Crippen LogP contribution is 2.14. The van der Waals surface area contributed by atoms with Gasteiger partial charge >= 0.3 is 0 Å². The number of hydrogen-bond acceptors (Lipinski definition) is 4. The molecule has 0 bridgehead atoms. The monoisotopic (exact) mass is 648 g/mol. The maximum absolute atomic E-state index is 12.3. The van der Waals surface area contributed by atoms with E-state index in [4.69, 9.17) is 0 Å². The zero-order valence-corrected chi connectivity index (χ0v) is 30.5. The molecule has 0 saturated heterocycles. The second kappa shape index (κ2) is 36.4. The van der Waals surface area contributed by atoms with Gasteiger partial charge < -0.3 is 20.6 Å². The Morgan fingerprint density at radius 3 is 1.39 bits per heavy atom. The van der Waals surface area contributed by atoms with Gasteiger partial charge in [-0.25, -0.2) is 0 Å². The molecule has 0 aliphatic rings. The lowest BCUT2D eigenvalue weighted by atomic mass is 10.0. The highest BCUT2D eigenvalue weighted by Gasteiger charge is 2.26. The summed E-state index contributed by atoms with van der Waals surface area (Å²) in [6.07, 6.45) is 44.0. The number of rotatable bonds is 35. The van der Waals surface area contributed by atoms with Crippen molar-refractivity contribution >= 4 is 5.91 Å². The zero-order valence-electron chi connectivity index (χ0n) is 30.5. The highest BCUT2D eigenvalue weighted by molar-refractivity contribution is 5.76. The first kappa shape index (κ1) is 44.6. The van der Waals surface area contributed by atoms with E-state index < -0.39 is 24.9 Å². The molecule has 0 aromatic carbocycles. The van der Waals surface area contributed by atoms with Crippen LogP contribution in [0.15, 0.2) is 36.5 Å². The first-order valence-corrected chi connectivity index (χ1v) is 19.8. The molecule has 0 aliphatic heterocycles.